The number of hydrogen-bond donors (Lipinski definition) is 1. The van der Waals surface area contributed by atoms with Gasteiger partial charge in [-0.15, -0.1) is 6.58 Å². The van der Waals surface area contributed by atoms with Gasteiger partial charge in [-0.05, 0) is 37.3 Å². The number of benzene rings is 2. The summed E-state index contributed by atoms with van der Waals surface area (Å²) in [6.45, 7) is 5.74. The Balaban J connectivity index is 1.65. The van der Waals surface area contributed by atoms with Crippen molar-refractivity contribution in [3.8, 4) is 5.75 Å². The lowest BCUT2D eigenvalue weighted by molar-refractivity contribution is -0.118. The highest BCUT2D eigenvalue weighted by molar-refractivity contribution is 8.00. The number of anilines is 1. The van der Waals surface area contributed by atoms with Gasteiger partial charge < -0.3 is 10.1 Å². The summed E-state index contributed by atoms with van der Waals surface area (Å²) in [6.07, 6.45) is 1.63. The molecule has 1 aromatic heterocycles. The molecule has 0 radical (unpaired) electrons. The van der Waals surface area contributed by atoms with Gasteiger partial charge in [-0.1, -0.05) is 30.0 Å². The number of para-hydroxylation sites is 1. The number of ether oxygens (including phenoxy) is 1. The standard InChI is InChI=1S/C22H19N3O4S/c1-3-10-25-21(28)15-6-4-5-7-16(15)24-22(25)30-13(2)20(27)14-8-9-18-17(11-14)23-19(26)12-29-18/h3-9,11,13H,1,10,12H2,2H3,(H,23,26)/t13-/m1/s1. The van der Waals surface area contributed by atoms with Crippen LogP contribution in [0, 0.1) is 0 Å². The fourth-order valence-electron chi connectivity index (χ4n) is 3.21. The number of aromatic nitrogens is 2. The number of fused-ring (bicyclic) bond motifs is 2. The van der Waals surface area contributed by atoms with Crippen molar-refractivity contribution in [2.75, 3.05) is 11.9 Å². The first-order chi connectivity index (χ1) is 14.5. The molecule has 0 saturated carbocycles. The summed E-state index contributed by atoms with van der Waals surface area (Å²) >= 11 is 1.22. The largest absolute Gasteiger partial charge is 0.482 e. The van der Waals surface area contributed by atoms with Crippen molar-refractivity contribution in [1.29, 1.82) is 0 Å². The first-order valence-electron chi connectivity index (χ1n) is 9.36. The van der Waals surface area contributed by atoms with Crippen LogP contribution < -0.4 is 15.6 Å². The minimum atomic E-state index is -0.507. The lowest BCUT2D eigenvalue weighted by Crippen LogP contribution is -2.26. The molecular weight excluding hydrogens is 402 g/mol. The van der Waals surface area contributed by atoms with Crippen LogP contribution in [0.15, 0.2) is 65.1 Å². The molecule has 1 aliphatic heterocycles. The van der Waals surface area contributed by atoms with Gasteiger partial charge in [0.15, 0.2) is 17.5 Å². The van der Waals surface area contributed by atoms with Crippen LogP contribution >= 0.6 is 11.8 Å². The van der Waals surface area contributed by atoms with Gasteiger partial charge in [-0.25, -0.2) is 4.98 Å². The summed E-state index contributed by atoms with van der Waals surface area (Å²) < 4.78 is 6.86. The Bertz CT molecular complexity index is 1230. The van der Waals surface area contributed by atoms with E-state index in [1.165, 1.54) is 16.3 Å². The highest BCUT2D eigenvalue weighted by atomic mass is 32.2. The number of rotatable bonds is 6. The molecule has 8 heteroatoms. The zero-order chi connectivity index (χ0) is 21.3. The molecule has 1 amide bonds. The number of carbonyl (C=O) groups excluding carboxylic acids is 2. The maximum absolute atomic E-state index is 13.0. The molecule has 0 unspecified atom stereocenters. The zero-order valence-electron chi connectivity index (χ0n) is 16.3. The summed E-state index contributed by atoms with van der Waals surface area (Å²) in [5, 5.41) is 3.17. The predicted octanol–water partition coefficient (Wildman–Crippen LogP) is 3.28. The maximum atomic E-state index is 13.0. The molecule has 0 fully saturated rings. The van der Waals surface area contributed by atoms with E-state index in [4.69, 9.17) is 4.74 Å². The molecule has 0 bridgehead atoms. The van der Waals surface area contributed by atoms with Crippen LogP contribution in [0.25, 0.3) is 10.9 Å². The van der Waals surface area contributed by atoms with Crippen molar-refractivity contribution < 1.29 is 14.3 Å². The van der Waals surface area contributed by atoms with Gasteiger partial charge in [-0.3, -0.25) is 19.0 Å². The van der Waals surface area contributed by atoms with E-state index < -0.39 is 5.25 Å². The van der Waals surface area contributed by atoms with Gasteiger partial charge in [0, 0.05) is 12.1 Å². The second-order valence-electron chi connectivity index (χ2n) is 6.79. The van der Waals surface area contributed by atoms with Crippen LogP contribution in [0.5, 0.6) is 5.75 Å². The van der Waals surface area contributed by atoms with Gasteiger partial charge >= 0.3 is 0 Å². The van der Waals surface area contributed by atoms with E-state index in [0.29, 0.717) is 39.6 Å². The number of nitrogens with zero attached hydrogens (tertiary/aromatic N) is 2. The lowest BCUT2D eigenvalue weighted by atomic mass is 10.1. The third-order valence-electron chi connectivity index (χ3n) is 4.69. The van der Waals surface area contributed by atoms with Crippen molar-refractivity contribution in [2.24, 2.45) is 0 Å². The average Bonchev–Trinajstić information content (AvgIpc) is 2.75. The summed E-state index contributed by atoms with van der Waals surface area (Å²) in [7, 11) is 0. The second-order valence-corrected chi connectivity index (χ2v) is 8.10. The topological polar surface area (TPSA) is 90.3 Å². The van der Waals surface area contributed by atoms with E-state index in [9.17, 15) is 14.4 Å². The fraction of sp³-hybridized carbons (Fsp3) is 0.182. The number of carbonyl (C=O) groups is 2. The van der Waals surface area contributed by atoms with Crippen LogP contribution in [-0.2, 0) is 11.3 Å². The molecule has 1 atom stereocenters. The minimum absolute atomic E-state index is 0.0407. The normalized spacial score (nSPS) is 13.8. The number of thioether (sulfide) groups is 1. The Morgan fingerprint density at radius 1 is 1.33 bits per heavy atom. The number of nitrogens with one attached hydrogen (secondary N) is 1. The SMILES string of the molecule is C=CCn1c(S[C@H](C)C(=O)c2ccc3c(c2)NC(=O)CO3)nc2ccccc2c1=O. The summed E-state index contributed by atoms with van der Waals surface area (Å²) in [6, 6.07) is 12.1. The molecule has 4 rings (SSSR count). The van der Waals surface area contributed by atoms with E-state index in [1.54, 1.807) is 49.4 Å². The zero-order valence-corrected chi connectivity index (χ0v) is 17.1. The van der Waals surface area contributed by atoms with E-state index in [1.807, 2.05) is 6.07 Å². The molecule has 0 spiro atoms. The number of amides is 1. The van der Waals surface area contributed by atoms with E-state index in [0.717, 1.165) is 0 Å². The van der Waals surface area contributed by atoms with Gasteiger partial charge in [-0.2, -0.15) is 0 Å². The highest BCUT2D eigenvalue weighted by Gasteiger charge is 2.23. The first kappa shape index (κ1) is 19.9. The molecule has 30 heavy (non-hydrogen) atoms. The van der Waals surface area contributed by atoms with Crippen molar-refractivity contribution in [1.82, 2.24) is 9.55 Å². The van der Waals surface area contributed by atoms with Crippen LogP contribution in [0.3, 0.4) is 0 Å². The molecule has 152 valence electrons. The van der Waals surface area contributed by atoms with Crippen LogP contribution in [0.4, 0.5) is 5.69 Å². The van der Waals surface area contributed by atoms with Crippen molar-refractivity contribution >= 4 is 40.0 Å². The maximum Gasteiger partial charge on any atom is 0.262 e. The molecule has 1 N–H and O–H groups in total. The first-order valence-corrected chi connectivity index (χ1v) is 10.2. The van der Waals surface area contributed by atoms with Crippen molar-refractivity contribution in [3.63, 3.8) is 0 Å². The smallest absolute Gasteiger partial charge is 0.262 e. The summed E-state index contributed by atoms with van der Waals surface area (Å²) in [4.78, 5) is 42.0. The second kappa shape index (κ2) is 8.16. The minimum Gasteiger partial charge on any atom is -0.482 e. The number of hydrogen-bond acceptors (Lipinski definition) is 6. The van der Waals surface area contributed by atoms with E-state index >= 15 is 0 Å². The van der Waals surface area contributed by atoms with Crippen LogP contribution in [-0.4, -0.2) is 33.1 Å². The third kappa shape index (κ3) is 3.73. The number of Topliss-reactive ketones (excluding diaryl/α,β-unsaturated/α-hetero) is 1. The Morgan fingerprint density at radius 3 is 2.93 bits per heavy atom. The van der Waals surface area contributed by atoms with Crippen molar-refractivity contribution in [2.45, 2.75) is 23.9 Å². The van der Waals surface area contributed by atoms with E-state index in [-0.39, 0.29) is 23.9 Å². The summed E-state index contributed by atoms with van der Waals surface area (Å²) in [5.41, 5.74) is 1.33. The number of allylic oxidation sites excluding steroid dienone is 1. The highest BCUT2D eigenvalue weighted by Crippen LogP contribution is 2.31. The van der Waals surface area contributed by atoms with Gasteiger partial charge in [0.25, 0.3) is 11.5 Å². The molecule has 2 aromatic carbocycles. The molecule has 0 aliphatic carbocycles. The molecule has 1 aliphatic rings. The van der Waals surface area contributed by atoms with Gasteiger partial charge in [0.2, 0.25) is 0 Å². The Morgan fingerprint density at radius 2 is 2.13 bits per heavy atom. The Kier molecular flexibility index (Phi) is 5.41. The van der Waals surface area contributed by atoms with Gasteiger partial charge in [0.1, 0.15) is 5.75 Å². The average molecular weight is 421 g/mol. The number of ketones is 1. The molecule has 2 heterocycles. The Hall–Kier alpha value is -3.39. The Labute approximate surface area is 176 Å². The van der Waals surface area contributed by atoms with Gasteiger partial charge in [0.05, 0.1) is 21.8 Å². The molecular formula is C22H19N3O4S. The third-order valence-corrected chi connectivity index (χ3v) is 5.78. The summed E-state index contributed by atoms with van der Waals surface area (Å²) in [5.74, 6) is 0.126. The fourth-order valence-corrected chi connectivity index (χ4v) is 4.21. The molecule has 7 nitrogen and oxygen atoms in total. The van der Waals surface area contributed by atoms with Crippen molar-refractivity contribution in [3.05, 3.63) is 71.0 Å². The lowest BCUT2D eigenvalue weighted by Gasteiger charge is -2.19. The molecule has 0 saturated heterocycles. The van der Waals surface area contributed by atoms with E-state index in [2.05, 4.69) is 16.9 Å². The van der Waals surface area contributed by atoms with Crippen LogP contribution in [0.1, 0.15) is 17.3 Å². The molecule has 3 aromatic rings. The monoisotopic (exact) mass is 421 g/mol. The predicted molar refractivity (Wildman–Crippen MR) is 116 cm³/mol. The quantitative estimate of drug-likeness (QED) is 0.284. The van der Waals surface area contributed by atoms with Crippen LogP contribution in [0.2, 0.25) is 0 Å².